The number of rotatable bonds is 11. The minimum atomic E-state index is -1.00. The van der Waals surface area contributed by atoms with Crippen LogP contribution in [0.3, 0.4) is 0 Å². The average molecular weight is 512 g/mol. The van der Waals surface area contributed by atoms with Gasteiger partial charge in [-0.25, -0.2) is 10.2 Å². The number of nitro benzene ring substituents is 1. The van der Waals surface area contributed by atoms with E-state index in [1.165, 1.54) is 32.6 Å². The lowest BCUT2D eigenvalue weighted by atomic mass is 10.0. The largest absolute Gasteiger partial charge is 0.493 e. The maximum Gasteiger partial charge on any atom is 0.407 e. The third-order valence-corrected chi connectivity index (χ3v) is 5.32. The summed E-state index contributed by atoms with van der Waals surface area (Å²) < 4.78 is 15.4. The van der Waals surface area contributed by atoms with E-state index >= 15 is 0 Å². The fraction of sp³-hybridized carbons (Fsp3) is 0.320. The first kappa shape index (κ1) is 27.0. The Morgan fingerprint density at radius 2 is 1.95 bits per heavy atom. The molecule has 0 aliphatic carbocycles. The van der Waals surface area contributed by atoms with Gasteiger partial charge in [0.1, 0.15) is 6.04 Å². The Labute approximate surface area is 213 Å². The Morgan fingerprint density at radius 1 is 1.19 bits per heavy atom. The zero-order valence-corrected chi connectivity index (χ0v) is 20.9. The van der Waals surface area contributed by atoms with Gasteiger partial charge in [-0.3, -0.25) is 14.9 Å². The summed E-state index contributed by atoms with van der Waals surface area (Å²) in [5, 5.41) is 18.8. The third kappa shape index (κ3) is 6.97. The molecule has 3 N–H and O–H groups in total. The normalized spacial score (nSPS) is 11.9. The fourth-order valence-corrected chi connectivity index (χ4v) is 3.58. The molecular weight excluding hydrogens is 482 g/mol. The van der Waals surface area contributed by atoms with Crippen LogP contribution in [0, 0.1) is 16.0 Å². The van der Waals surface area contributed by atoms with E-state index in [1.54, 1.807) is 6.20 Å². The van der Waals surface area contributed by atoms with Gasteiger partial charge in [0.2, 0.25) is 5.75 Å². The van der Waals surface area contributed by atoms with Crippen LogP contribution in [0.1, 0.15) is 25.0 Å². The molecular formula is C25H29N5O7. The van der Waals surface area contributed by atoms with Crippen molar-refractivity contribution in [1.29, 1.82) is 0 Å². The lowest BCUT2D eigenvalue weighted by Gasteiger charge is -2.17. The number of nitro groups is 1. The molecule has 0 radical (unpaired) electrons. The maximum atomic E-state index is 13.0. The van der Waals surface area contributed by atoms with Crippen molar-refractivity contribution >= 4 is 34.8 Å². The van der Waals surface area contributed by atoms with Gasteiger partial charge >= 0.3 is 11.8 Å². The molecule has 1 heterocycles. The molecule has 2 aromatic carbocycles. The summed E-state index contributed by atoms with van der Waals surface area (Å²) in [6, 6.07) is 9.30. The molecule has 37 heavy (non-hydrogen) atoms. The number of aromatic amines is 1. The molecule has 0 spiro atoms. The van der Waals surface area contributed by atoms with E-state index in [-0.39, 0.29) is 36.1 Å². The van der Waals surface area contributed by atoms with Crippen molar-refractivity contribution in [2.24, 2.45) is 11.0 Å². The van der Waals surface area contributed by atoms with Gasteiger partial charge in [-0.15, -0.1) is 0 Å². The number of hydrogen-bond donors (Lipinski definition) is 3. The van der Waals surface area contributed by atoms with Gasteiger partial charge in [0.25, 0.3) is 5.91 Å². The second kappa shape index (κ2) is 12.4. The number of nitrogens with one attached hydrogen (secondary N) is 3. The molecule has 1 atom stereocenters. The van der Waals surface area contributed by atoms with E-state index < -0.39 is 23.0 Å². The number of benzene rings is 2. The lowest BCUT2D eigenvalue weighted by Crippen LogP contribution is -2.47. The van der Waals surface area contributed by atoms with Crippen molar-refractivity contribution < 1.29 is 28.7 Å². The first-order valence-electron chi connectivity index (χ1n) is 11.4. The van der Waals surface area contributed by atoms with Gasteiger partial charge in [-0.2, -0.15) is 5.10 Å². The van der Waals surface area contributed by atoms with Gasteiger partial charge in [0, 0.05) is 35.2 Å². The molecule has 196 valence electrons. The van der Waals surface area contributed by atoms with Gasteiger partial charge in [0.15, 0.2) is 5.75 Å². The molecule has 2 amide bonds. The predicted octanol–water partition coefficient (Wildman–Crippen LogP) is 3.54. The Morgan fingerprint density at radius 3 is 2.62 bits per heavy atom. The number of methoxy groups -OCH3 is 2. The van der Waals surface area contributed by atoms with Gasteiger partial charge in [-0.05, 0) is 23.6 Å². The van der Waals surface area contributed by atoms with Crippen molar-refractivity contribution in [1.82, 2.24) is 15.7 Å². The van der Waals surface area contributed by atoms with Crippen LogP contribution in [0.4, 0.5) is 10.5 Å². The van der Waals surface area contributed by atoms with Crippen molar-refractivity contribution in [3.63, 3.8) is 0 Å². The number of nitrogens with zero attached hydrogens (tertiary/aromatic N) is 2. The number of hydrazone groups is 1. The molecule has 12 heteroatoms. The van der Waals surface area contributed by atoms with Gasteiger partial charge < -0.3 is 24.5 Å². The zero-order chi connectivity index (χ0) is 26.9. The highest BCUT2D eigenvalue weighted by Crippen LogP contribution is 2.37. The molecule has 0 unspecified atom stereocenters. The van der Waals surface area contributed by atoms with Crippen LogP contribution in [0.15, 0.2) is 47.7 Å². The van der Waals surface area contributed by atoms with Gasteiger partial charge in [0.05, 0.1) is 32.0 Å². The number of ether oxygens (including phenoxy) is 3. The Hall–Kier alpha value is -4.61. The number of carbonyl (C=O) groups excluding carboxylic acids is 2. The molecule has 1 aromatic heterocycles. The molecule has 0 saturated carbocycles. The van der Waals surface area contributed by atoms with Crippen LogP contribution < -0.4 is 20.2 Å². The SMILES string of the molecule is COc1cc(/C=N\NC(=O)[C@H](Cc2c[nH]c3ccccc23)NC(=O)OCC(C)C)cc([N+](=O)[O-])c1OC. The quantitative estimate of drug-likeness (QED) is 0.202. The van der Waals surface area contributed by atoms with E-state index in [0.29, 0.717) is 5.56 Å². The number of alkyl carbamates (subject to hydrolysis) is 1. The highest BCUT2D eigenvalue weighted by molar-refractivity contribution is 5.90. The van der Waals surface area contributed by atoms with Crippen LogP contribution in [0.5, 0.6) is 11.5 Å². The molecule has 0 aliphatic rings. The van der Waals surface area contributed by atoms with Crippen molar-refractivity contribution in [2.45, 2.75) is 26.3 Å². The van der Waals surface area contributed by atoms with Crippen molar-refractivity contribution in [3.05, 3.63) is 63.8 Å². The first-order valence-corrected chi connectivity index (χ1v) is 11.4. The molecule has 3 aromatic rings. The molecule has 12 nitrogen and oxygen atoms in total. The second-order valence-corrected chi connectivity index (χ2v) is 8.52. The summed E-state index contributed by atoms with van der Waals surface area (Å²) in [4.78, 5) is 39.3. The first-order chi connectivity index (χ1) is 17.7. The third-order valence-electron chi connectivity index (χ3n) is 5.32. The van der Waals surface area contributed by atoms with Crippen LogP contribution in [-0.2, 0) is 16.0 Å². The minimum absolute atomic E-state index is 0.0309. The summed E-state index contributed by atoms with van der Waals surface area (Å²) in [5.74, 6) is -0.368. The number of hydrogen-bond acceptors (Lipinski definition) is 8. The number of fused-ring (bicyclic) bond motifs is 1. The van der Waals surface area contributed by atoms with E-state index in [4.69, 9.17) is 14.2 Å². The molecule has 0 aliphatic heterocycles. The molecule has 0 bridgehead atoms. The average Bonchev–Trinajstić information content (AvgIpc) is 3.29. The zero-order valence-electron chi connectivity index (χ0n) is 20.9. The summed E-state index contributed by atoms with van der Waals surface area (Å²) in [5.41, 5.74) is 4.07. The van der Waals surface area contributed by atoms with Crippen LogP contribution in [0.2, 0.25) is 0 Å². The summed E-state index contributed by atoms with van der Waals surface area (Å²) >= 11 is 0. The topological polar surface area (TPSA) is 157 Å². The van der Waals surface area contributed by atoms with Crippen molar-refractivity contribution in [2.75, 3.05) is 20.8 Å². The number of carbonyl (C=O) groups is 2. The van der Waals surface area contributed by atoms with Crippen molar-refractivity contribution in [3.8, 4) is 11.5 Å². The summed E-state index contributed by atoms with van der Waals surface area (Å²) in [6.07, 6.45) is 2.45. The van der Waals surface area contributed by atoms with E-state index in [1.807, 2.05) is 38.1 Å². The monoisotopic (exact) mass is 511 g/mol. The van der Waals surface area contributed by atoms with Crippen LogP contribution in [0.25, 0.3) is 10.9 Å². The predicted molar refractivity (Wildman–Crippen MR) is 137 cm³/mol. The molecule has 0 fully saturated rings. The molecule has 3 rings (SSSR count). The second-order valence-electron chi connectivity index (χ2n) is 8.52. The standard InChI is InChI=1S/C25H29N5O7/c1-15(2)14-37-25(32)28-20(11-17-13-26-19-8-6-5-7-18(17)19)24(31)29-27-12-16-9-21(30(33)34)23(36-4)22(10-16)35-3/h5-10,12-13,15,20,26H,11,14H2,1-4H3,(H,28,32)(H,29,31)/b27-12-/t20-/m0/s1. The molecule has 0 saturated heterocycles. The van der Waals surface area contributed by atoms with Gasteiger partial charge in [-0.1, -0.05) is 32.0 Å². The number of H-pyrrole nitrogens is 1. The lowest BCUT2D eigenvalue weighted by molar-refractivity contribution is -0.385. The number of amides is 2. The van der Waals surface area contributed by atoms with E-state index in [9.17, 15) is 19.7 Å². The maximum absolute atomic E-state index is 13.0. The number of para-hydroxylation sites is 1. The number of aromatic nitrogens is 1. The smallest absolute Gasteiger partial charge is 0.407 e. The van der Waals surface area contributed by atoms with E-state index in [0.717, 1.165) is 16.5 Å². The highest BCUT2D eigenvalue weighted by atomic mass is 16.6. The van der Waals surface area contributed by atoms with Crippen LogP contribution in [-0.4, -0.2) is 55.0 Å². The summed E-state index contributed by atoms with van der Waals surface area (Å²) in [7, 11) is 2.65. The van der Waals surface area contributed by atoms with E-state index in [2.05, 4.69) is 20.8 Å². The minimum Gasteiger partial charge on any atom is -0.493 e. The fourth-order valence-electron chi connectivity index (χ4n) is 3.58. The summed E-state index contributed by atoms with van der Waals surface area (Å²) in [6.45, 7) is 4.00. The highest BCUT2D eigenvalue weighted by Gasteiger charge is 2.24. The Bertz CT molecular complexity index is 1300. The Balaban J connectivity index is 1.79. The van der Waals surface area contributed by atoms with Crippen LogP contribution >= 0.6 is 0 Å². The Kier molecular flexibility index (Phi) is 9.03.